The van der Waals surface area contributed by atoms with Crippen molar-refractivity contribution >= 4 is 54.3 Å². The molecule has 37 heavy (non-hydrogen) atoms. The predicted molar refractivity (Wildman–Crippen MR) is 147 cm³/mol. The monoisotopic (exact) mass is 586 g/mol. The van der Waals surface area contributed by atoms with Crippen LogP contribution >= 0.6 is 15.9 Å². The van der Waals surface area contributed by atoms with Gasteiger partial charge in [0.1, 0.15) is 12.4 Å². The molecule has 0 aliphatic carbocycles. The van der Waals surface area contributed by atoms with Gasteiger partial charge in [-0.15, -0.1) is 10.2 Å². The summed E-state index contributed by atoms with van der Waals surface area (Å²) in [6.45, 7) is 2.67. The lowest BCUT2D eigenvalue weighted by molar-refractivity contribution is -0.135. The maximum atomic E-state index is 13.5. The van der Waals surface area contributed by atoms with Gasteiger partial charge in [0.05, 0.1) is 16.1 Å². The summed E-state index contributed by atoms with van der Waals surface area (Å²) < 4.78 is 30.3. The minimum absolute atomic E-state index is 0.00727. The number of aliphatic carboxylic acids is 1. The number of halogens is 1. The molecule has 0 saturated carbocycles. The number of nitrogens with one attached hydrogen (secondary N) is 1. The smallest absolute Gasteiger partial charge is 0.324 e. The van der Waals surface area contributed by atoms with Crippen molar-refractivity contribution in [2.45, 2.75) is 11.8 Å². The Morgan fingerprint density at radius 2 is 1.86 bits per heavy atom. The summed E-state index contributed by atoms with van der Waals surface area (Å²) in [6.07, 6.45) is 1.81. The summed E-state index contributed by atoms with van der Waals surface area (Å²) >= 11 is 3.32. The molecule has 4 rings (SSSR count). The Hall–Kier alpha value is -3.48. The van der Waals surface area contributed by atoms with Crippen molar-refractivity contribution in [3.8, 4) is 5.82 Å². The molecule has 0 bridgehead atoms. The van der Waals surface area contributed by atoms with Gasteiger partial charge in [-0.3, -0.25) is 13.7 Å². The van der Waals surface area contributed by atoms with Crippen molar-refractivity contribution < 1.29 is 18.3 Å². The van der Waals surface area contributed by atoms with Crippen molar-refractivity contribution in [3.63, 3.8) is 0 Å². The third kappa shape index (κ3) is 6.09. The number of benzene rings is 2. The summed E-state index contributed by atoms with van der Waals surface area (Å²) in [4.78, 5) is 13.7. The van der Waals surface area contributed by atoms with E-state index < -0.39 is 22.5 Å². The lowest BCUT2D eigenvalue weighted by Crippen LogP contribution is -2.35. The number of carbonyl (C=O) groups is 1. The van der Waals surface area contributed by atoms with Crippen LogP contribution in [0.15, 0.2) is 70.2 Å². The van der Waals surface area contributed by atoms with Gasteiger partial charge in [0.25, 0.3) is 10.0 Å². The number of aromatic nitrogens is 3. The molecule has 12 heteroatoms. The van der Waals surface area contributed by atoms with Gasteiger partial charge in [-0.2, -0.15) is 0 Å². The largest absolute Gasteiger partial charge is 0.480 e. The minimum Gasteiger partial charge on any atom is -0.480 e. The van der Waals surface area contributed by atoms with Crippen molar-refractivity contribution in [2.75, 3.05) is 43.4 Å². The zero-order valence-corrected chi connectivity index (χ0v) is 23.0. The van der Waals surface area contributed by atoms with E-state index in [-0.39, 0.29) is 10.6 Å². The van der Waals surface area contributed by atoms with Crippen LogP contribution in [0.25, 0.3) is 16.7 Å². The van der Waals surface area contributed by atoms with E-state index in [0.717, 1.165) is 33.9 Å². The van der Waals surface area contributed by atoms with Crippen LogP contribution in [-0.4, -0.2) is 72.9 Å². The second-order valence-corrected chi connectivity index (χ2v) is 11.6. The fourth-order valence-electron chi connectivity index (χ4n) is 3.86. The summed E-state index contributed by atoms with van der Waals surface area (Å²) in [5, 5.41) is 22.0. The highest BCUT2D eigenvalue weighted by atomic mass is 79.9. The molecule has 194 valence electrons. The van der Waals surface area contributed by atoms with Gasteiger partial charge in [-0.25, -0.2) is 8.42 Å². The molecule has 0 radical (unpaired) electrons. The van der Waals surface area contributed by atoms with Crippen LogP contribution in [0, 0.1) is 6.92 Å². The average molecular weight is 588 g/mol. The van der Waals surface area contributed by atoms with E-state index in [0.29, 0.717) is 16.1 Å². The van der Waals surface area contributed by atoms with Gasteiger partial charge >= 0.3 is 5.97 Å². The lowest BCUT2D eigenvalue weighted by Gasteiger charge is -2.23. The minimum atomic E-state index is -4.14. The van der Waals surface area contributed by atoms with Gasteiger partial charge in [0.15, 0.2) is 5.82 Å². The van der Waals surface area contributed by atoms with E-state index in [1.807, 2.05) is 43.1 Å². The van der Waals surface area contributed by atoms with Crippen LogP contribution < -0.4 is 9.62 Å². The number of hydrogen-bond acceptors (Lipinski definition) is 7. The summed E-state index contributed by atoms with van der Waals surface area (Å²) in [7, 11) is -0.149. The molecule has 2 N–H and O–H groups in total. The number of aryl methyl sites for hydroxylation is 1. The van der Waals surface area contributed by atoms with E-state index in [1.165, 1.54) is 12.1 Å². The fraction of sp³-hybridized carbons (Fsp3) is 0.240. The van der Waals surface area contributed by atoms with Gasteiger partial charge in [-0.1, -0.05) is 15.9 Å². The van der Waals surface area contributed by atoms with E-state index in [4.69, 9.17) is 0 Å². The first-order valence-electron chi connectivity index (χ1n) is 11.4. The van der Waals surface area contributed by atoms with Crippen molar-refractivity contribution in [1.82, 2.24) is 19.7 Å². The Morgan fingerprint density at radius 3 is 2.51 bits per heavy atom. The SMILES string of the molecule is Cc1cc(Br)cc(S(=O)(=O)N(CC(=O)O)c2ccc3c(ccn3-c3ccc(NCCN(C)C)nn3)c2)c1. The molecule has 0 fully saturated rings. The molecular weight excluding hydrogens is 560 g/mol. The second kappa shape index (κ2) is 10.9. The zero-order chi connectivity index (χ0) is 26.7. The first-order chi connectivity index (χ1) is 17.5. The van der Waals surface area contributed by atoms with Crippen LogP contribution in [0.5, 0.6) is 0 Å². The van der Waals surface area contributed by atoms with Crippen LogP contribution in [0.3, 0.4) is 0 Å². The molecular formula is C25H27BrN6O4S. The second-order valence-electron chi connectivity index (χ2n) is 8.81. The zero-order valence-electron chi connectivity index (χ0n) is 20.6. The van der Waals surface area contributed by atoms with E-state index in [2.05, 4.69) is 36.3 Å². The molecule has 0 aliphatic heterocycles. The van der Waals surface area contributed by atoms with Crippen molar-refractivity contribution in [2.24, 2.45) is 0 Å². The number of carboxylic acid groups (broad SMARTS) is 1. The third-order valence-corrected chi connectivity index (χ3v) is 7.82. The molecule has 10 nitrogen and oxygen atoms in total. The van der Waals surface area contributed by atoms with E-state index in [1.54, 1.807) is 31.2 Å². The molecule has 0 aliphatic rings. The third-order valence-electron chi connectivity index (χ3n) is 5.61. The Morgan fingerprint density at radius 1 is 1.08 bits per heavy atom. The Labute approximate surface area is 223 Å². The molecule has 2 aromatic heterocycles. The first kappa shape index (κ1) is 26.6. The standard InChI is InChI=1S/C25H27BrN6O4S/c1-17-12-19(26)15-21(13-17)37(35,36)32(16-25(33)34)20-4-5-22-18(14-20)8-10-31(22)24-7-6-23(28-29-24)27-9-11-30(2)3/h4-8,10,12-15H,9,11,16H2,1-3H3,(H,27,28)(H,33,34). The summed E-state index contributed by atoms with van der Waals surface area (Å²) in [5.74, 6) is 0.00435. The topological polar surface area (TPSA) is 121 Å². The summed E-state index contributed by atoms with van der Waals surface area (Å²) in [5.41, 5.74) is 1.75. The molecule has 0 saturated heterocycles. The number of hydrogen-bond donors (Lipinski definition) is 2. The van der Waals surface area contributed by atoms with Gasteiger partial charge < -0.3 is 15.3 Å². The summed E-state index contributed by atoms with van der Waals surface area (Å²) in [6, 6.07) is 15.3. The Balaban J connectivity index is 1.66. The molecule has 0 spiro atoms. The van der Waals surface area contributed by atoms with Gasteiger partial charge in [-0.05, 0) is 81.2 Å². The normalized spacial score (nSPS) is 11.7. The number of sulfonamides is 1. The molecule has 4 aromatic rings. The molecule has 0 amide bonds. The van der Waals surface area contributed by atoms with Crippen LogP contribution in [0.1, 0.15) is 5.56 Å². The Bertz CT molecular complexity index is 1520. The van der Waals surface area contributed by atoms with E-state index in [9.17, 15) is 18.3 Å². The number of fused-ring (bicyclic) bond motifs is 1. The number of anilines is 2. The van der Waals surface area contributed by atoms with Crippen molar-refractivity contribution in [3.05, 3.63) is 70.8 Å². The molecule has 2 heterocycles. The number of rotatable bonds is 10. The number of nitrogens with zero attached hydrogens (tertiary/aromatic N) is 5. The highest BCUT2D eigenvalue weighted by molar-refractivity contribution is 9.10. The van der Waals surface area contributed by atoms with Crippen molar-refractivity contribution in [1.29, 1.82) is 0 Å². The fourth-order valence-corrected chi connectivity index (χ4v) is 6.15. The lowest BCUT2D eigenvalue weighted by atomic mass is 10.2. The first-order valence-corrected chi connectivity index (χ1v) is 13.6. The molecule has 0 atom stereocenters. The maximum absolute atomic E-state index is 13.5. The van der Waals surface area contributed by atoms with Crippen LogP contribution in [0.2, 0.25) is 0 Å². The Kier molecular flexibility index (Phi) is 7.81. The van der Waals surface area contributed by atoms with Gasteiger partial charge in [0, 0.05) is 29.1 Å². The highest BCUT2D eigenvalue weighted by Crippen LogP contribution is 2.30. The predicted octanol–water partition coefficient (Wildman–Crippen LogP) is 3.74. The van der Waals surface area contributed by atoms with Crippen LogP contribution in [0.4, 0.5) is 11.5 Å². The number of likely N-dealkylation sites (N-methyl/N-ethyl adjacent to an activating group) is 1. The van der Waals surface area contributed by atoms with Gasteiger partial charge in [0.2, 0.25) is 0 Å². The highest BCUT2D eigenvalue weighted by Gasteiger charge is 2.28. The molecule has 0 unspecified atom stereocenters. The number of carboxylic acids is 1. The van der Waals surface area contributed by atoms with Crippen LogP contribution in [-0.2, 0) is 14.8 Å². The maximum Gasteiger partial charge on any atom is 0.324 e. The van der Waals surface area contributed by atoms with E-state index >= 15 is 0 Å². The average Bonchev–Trinajstić information content (AvgIpc) is 3.25. The molecule has 2 aromatic carbocycles. The quantitative estimate of drug-likeness (QED) is 0.288.